The molecule has 0 aromatic heterocycles. The Labute approximate surface area is 83.3 Å². The molecule has 0 aromatic rings. The number of hydrogen-bond acceptors (Lipinski definition) is 5. The molecule has 0 unspecified atom stereocenters. The quantitative estimate of drug-likeness (QED) is 0.333. The van der Waals surface area contributed by atoms with Crippen molar-refractivity contribution in [2.45, 2.75) is 11.9 Å². The first-order valence-electron chi connectivity index (χ1n) is 2.59. The number of sulfonamides is 1. The summed E-state index contributed by atoms with van der Waals surface area (Å²) >= 11 is 3.37. The molecule has 0 spiro atoms. The molecule has 13 heteroatoms. The molecule has 0 aromatic carbocycles. The van der Waals surface area contributed by atoms with Crippen molar-refractivity contribution in [1.29, 1.82) is 0 Å². The lowest BCUT2D eigenvalue weighted by Crippen LogP contribution is -2.34. The first-order chi connectivity index (χ1) is 6.38. The zero-order chi connectivity index (χ0) is 12.5. The molecule has 0 rings (SSSR count). The van der Waals surface area contributed by atoms with Crippen molar-refractivity contribution in [2.75, 3.05) is 0 Å². The van der Waals surface area contributed by atoms with E-state index >= 15 is 0 Å². The SMILES string of the molecule is O=S(=O)([N+](=S)OOC(F)(F)F)C(F)(F)F. The van der Waals surface area contributed by atoms with Gasteiger partial charge >= 0.3 is 34.3 Å². The Hall–Kier alpha value is -0.690. The van der Waals surface area contributed by atoms with Crippen molar-refractivity contribution in [3.63, 3.8) is 0 Å². The summed E-state index contributed by atoms with van der Waals surface area (Å²) < 4.78 is 87.3. The first kappa shape index (κ1) is 14.3. The van der Waals surface area contributed by atoms with Crippen LogP contribution in [0.25, 0.3) is 0 Å². The minimum Gasteiger partial charge on any atom is -0.151 e. The highest BCUT2D eigenvalue weighted by atomic mass is 32.2. The molecule has 0 amide bonds. The number of alkyl halides is 6. The molecule has 15 heavy (non-hydrogen) atoms. The third kappa shape index (κ3) is 4.13. The van der Waals surface area contributed by atoms with Crippen LogP contribution in [0, 0.1) is 0 Å². The molecule has 90 valence electrons. The zero-order valence-electron chi connectivity index (χ0n) is 6.16. The third-order valence-corrected chi connectivity index (χ3v) is 2.37. The van der Waals surface area contributed by atoms with Crippen LogP contribution in [0.1, 0.15) is 0 Å². The van der Waals surface area contributed by atoms with Gasteiger partial charge in [0, 0.05) is 0 Å². The van der Waals surface area contributed by atoms with Crippen LogP contribution >= 0.6 is 0 Å². The molecular formula is C2F6NO4S2+. The van der Waals surface area contributed by atoms with E-state index in [4.69, 9.17) is 0 Å². The first-order valence-corrected chi connectivity index (χ1v) is 4.40. The average molecular weight is 280 g/mol. The highest BCUT2D eigenvalue weighted by Gasteiger charge is 2.59. The minimum absolute atomic E-state index is 1.51. The van der Waals surface area contributed by atoms with Gasteiger partial charge in [-0.3, -0.25) is 0 Å². The molecule has 0 aliphatic rings. The Morgan fingerprint density at radius 2 is 1.47 bits per heavy atom. The molecule has 0 N–H and O–H groups in total. The smallest absolute Gasteiger partial charge is 0.151 e. The van der Waals surface area contributed by atoms with Crippen molar-refractivity contribution in [3.8, 4) is 0 Å². The highest BCUT2D eigenvalue weighted by molar-refractivity contribution is 7.87. The summed E-state index contributed by atoms with van der Waals surface area (Å²) in [5.74, 6) is 0. The maximum atomic E-state index is 11.6. The van der Waals surface area contributed by atoms with Gasteiger partial charge in [0.05, 0.1) is 0 Å². The van der Waals surface area contributed by atoms with Crippen molar-refractivity contribution < 1.29 is 48.2 Å². The second-order valence-corrected chi connectivity index (χ2v) is 4.06. The van der Waals surface area contributed by atoms with Crippen molar-refractivity contribution in [2.24, 2.45) is 0 Å². The molecule has 0 atom stereocenters. The standard InChI is InChI=1S/C2F6NO4S2/c3-1(4,5)12-13-9(14)15(10,11)2(6,7)8/q+1. The lowest BCUT2D eigenvalue weighted by atomic mass is 11.4. The van der Waals surface area contributed by atoms with Crippen LogP contribution in [0.4, 0.5) is 26.3 Å². The molecule has 0 bridgehead atoms. The molecule has 0 fully saturated rings. The van der Waals surface area contributed by atoms with E-state index in [9.17, 15) is 34.8 Å². The van der Waals surface area contributed by atoms with E-state index in [1.54, 1.807) is 0 Å². The summed E-state index contributed by atoms with van der Waals surface area (Å²) in [5, 5.41) is 0. The summed E-state index contributed by atoms with van der Waals surface area (Å²) in [6, 6.07) is 0. The summed E-state index contributed by atoms with van der Waals surface area (Å²) in [4.78, 5) is 5.03. The Morgan fingerprint density at radius 3 is 1.73 bits per heavy atom. The van der Waals surface area contributed by atoms with Gasteiger partial charge in [-0.15, -0.1) is 21.6 Å². The van der Waals surface area contributed by atoms with Crippen LogP contribution < -0.4 is 0 Å². The van der Waals surface area contributed by atoms with Gasteiger partial charge in [0.15, 0.2) is 0 Å². The molecule has 0 aliphatic heterocycles. The zero-order valence-corrected chi connectivity index (χ0v) is 7.80. The predicted octanol–water partition coefficient (Wildman–Crippen LogP) is 0.962. The Kier molecular flexibility index (Phi) is 3.87. The van der Waals surface area contributed by atoms with Crippen LogP contribution in [-0.2, 0) is 32.3 Å². The number of nitrogens with zero attached hydrogens (tertiary/aromatic N) is 1. The Morgan fingerprint density at radius 1 is 1.07 bits per heavy atom. The number of rotatable bonds is 3. The van der Waals surface area contributed by atoms with E-state index in [1.807, 2.05) is 0 Å². The van der Waals surface area contributed by atoms with Crippen LogP contribution in [-0.4, -0.2) is 23.8 Å². The molecule has 0 heterocycles. The highest BCUT2D eigenvalue weighted by Crippen LogP contribution is 2.25. The molecule has 0 saturated carbocycles. The Balaban J connectivity index is 4.63. The Bertz CT molecular complexity index is 341. The normalized spacial score (nSPS) is 13.7. The maximum Gasteiger partial charge on any atom is 0.566 e. The van der Waals surface area contributed by atoms with Crippen molar-refractivity contribution in [3.05, 3.63) is 0 Å². The largest absolute Gasteiger partial charge is 0.566 e. The summed E-state index contributed by atoms with van der Waals surface area (Å²) in [6.07, 6.45) is -5.49. The third-order valence-electron chi connectivity index (χ3n) is 0.681. The van der Waals surface area contributed by atoms with Crippen molar-refractivity contribution in [1.82, 2.24) is 0 Å². The summed E-state index contributed by atoms with van der Waals surface area (Å²) in [6.45, 7) is 0. The molecule has 0 aliphatic carbocycles. The summed E-state index contributed by atoms with van der Waals surface area (Å²) in [5.41, 5.74) is -5.89. The van der Waals surface area contributed by atoms with Gasteiger partial charge in [0.25, 0.3) is 0 Å². The molecule has 0 saturated heterocycles. The second kappa shape index (κ2) is 4.05. The lowest BCUT2D eigenvalue weighted by Gasteiger charge is -2.02. The van der Waals surface area contributed by atoms with Gasteiger partial charge < -0.3 is 0 Å². The molecule has 0 radical (unpaired) electrons. The average Bonchev–Trinajstić information content (AvgIpc) is 1.96. The molecular weight excluding hydrogens is 280 g/mol. The van der Waals surface area contributed by atoms with E-state index in [1.165, 1.54) is 0 Å². The second-order valence-electron chi connectivity index (χ2n) is 1.75. The van der Waals surface area contributed by atoms with Gasteiger partial charge in [-0.05, 0) is 9.88 Å². The van der Waals surface area contributed by atoms with Crippen LogP contribution in [0.3, 0.4) is 0 Å². The van der Waals surface area contributed by atoms with Crippen LogP contribution in [0.5, 0.6) is 0 Å². The van der Waals surface area contributed by atoms with E-state index < -0.39 is 25.4 Å². The fourth-order valence-corrected chi connectivity index (χ4v) is 0.761. The summed E-state index contributed by atoms with van der Waals surface area (Å²) in [7, 11) is -6.20. The topological polar surface area (TPSA) is 55.6 Å². The van der Waals surface area contributed by atoms with Crippen molar-refractivity contribution >= 4 is 22.4 Å². The van der Waals surface area contributed by atoms with Gasteiger partial charge in [0.2, 0.25) is 3.51 Å². The van der Waals surface area contributed by atoms with Gasteiger partial charge in [-0.25, -0.2) is 0 Å². The van der Waals surface area contributed by atoms with Gasteiger partial charge in [-0.2, -0.15) is 13.2 Å². The number of hydrogen-bond donors (Lipinski definition) is 0. The lowest BCUT2D eigenvalue weighted by molar-refractivity contribution is -0.802. The van der Waals surface area contributed by atoms with E-state index in [0.717, 1.165) is 0 Å². The monoisotopic (exact) mass is 280 g/mol. The maximum absolute atomic E-state index is 11.6. The predicted molar refractivity (Wildman–Crippen MR) is 30.8 cm³/mol. The molecule has 5 nitrogen and oxygen atoms in total. The van der Waals surface area contributed by atoms with Crippen LogP contribution in [0.2, 0.25) is 0 Å². The fraction of sp³-hybridized carbons (Fsp3) is 1.00. The number of halogens is 6. The van der Waals surface area contributed by atoms with Crippen LogP contribution in [0.15, 0.2) is 0 Å². The minimum atomic E-state index is -6.20. The van der Waals surface area contributed by atoms with Gasteiger partial charge in [-0.1, -0.05) is 0 Å². The van der Waals surface area contributed by atoms with E-state index in [-0.39, 0.29) is 0 Å². The van der Waals surface area contributed by atoms with E-state index in [2.05, 4.69) is 22.3 Å². The van der Waals surface area contributed by atoms with E-state index in [0.29, 0.717) is 0 Å². The van der Waals surface area contributed by atoms with Gasteiger partial charge in [0.1, 0.15) is 0 Å². The fourth-order valence-electron chi connectivity index (χ4n) is 0.197.